The lowest BCUT2D eigenvalue weighted by Crippen LogP contribution is -2.34. The third-order valence-electron chi connectivity index (χ3n) is 3.56. The van der Waals surface area contributed by atoms with Gasteiger partial charge in [0.25, 0.3) is 0 Å². The molecule has 0 saturated carbocycles. The number of aldehydes is 1. The number of nitrogens with one attached hydrogen (secondary N) is 2. The summed E-state index contributed by atoms with van der Waals surface area (Å²) in [6.45, 7) is 3.17. The third kappa shape index (κ3) is 1.56. The molecule has 4 nitrogen and oxygen atoms in total. The van der Waals surface area contributed by atoms with E-state index in [1.807, 2.05) is 12.1 Å². The zero-order chi connectivity index (χ0) is 11.9. The number of aromatic amines is 1. The van der Waals surface area contributed by atoms with Crippen LogP contribution in [0.4, 0.5) is 0 Å². The third-order valence-corrected chi connectivity index (χ3v) is 3.56. The van der Waals surface area contributed by atoms with Crippen molar-refractivity contribution >= 4 is 17.3 Å². The fourth-order valence-electron chi connectivity index (χ4n) is 2.51. The second-order valence-electron chi connectivity index (χ2n) is 4.81. The predicted molar refractivity (Wildman–Crippen MR) is 66.1 cm³/mol. The maximum atomic E-state index is 11.0. The SMILES string of the molecule is C[C@]1(c2nc3c(C=O)cccc3[nH]2)CCCN1. The Morgan fingerprint density at radius 2 is 2.35 bits per heavy atom. The summed E-state index contributed by atoms with van der Waals surface area (Å²) in [5.74, 6) is 0.930. The number of aromatic nitrogens is 2. The number of hydrogen-bond acceptors (Lipinski definition) is 3. The molecule has 0 amide bonds. The largest absolute Gasteiger partial charge is 0.340 e. The van der Waals surface area contributed by atoms with E-state index in [0.717, 1.165) is 42.5 Å². The Kier molecular flexibility index (Phi) is 2.26. The summed E-state index contributed by atoms with van der Waals surface area (Å²) in [5.41, 5.74) is 2.26. The monoisotopic (exact) mass is 229 g/mol. The molecule has 1 saturated heterocycles. The summed E-state index contributed by atoms with van der Waals surface area (Å²) in [5, 5.41) is 3.47. The topological polar surface area (TPSA) is 57.8 Å². The van der Waals surface area contributed by atoms with E-state index in [1.165, 1.54) is 0 Å². The van der Waals surface area contributed by atoms with Gasteiger partial charge >= 0.3 is 0 Å². The van der Waals surface area contributed by atoms with Crippen molar-refractivity contribution in [2.75, 3.05) is 6.54 Å². The average molecular weight is 229 g/mol. The van der Waals surface area contributed by atoms with Crippen molar-refractivity contribution in [3.05, 3.63) is 29.6 Å². The molecular formula is C13H15N3O. The number of rotatable bonds is 2. The van der Waals surface area contributed by atoms with Crippen LogP contribution in [-0.2, 0) is 5.54 Å². The maximum absolute atomic E-state index is 11.0. The molecule has 3 rings (SSSR count). The highest BCUT2D eigenvalue weighted by molar-refractivity contribution is 5.94. The van der Waals surface area contributed by atoms with Crippen molar-refractivity contribution in [2.45, 2.75) is 25.3 Å². The Labute approximate surface area is 99.4 Å². The van der Waals surface area contributed by atoms with Crippen LogP contribution in [0, 0.1) is 0 Å². The number of H-pyrrole nitrogens is 1. The van der Waals surface area contributed by atoms with E-state index in [-0.39, 0.29) is 5.54 Å². The second-order valence-corrected chi connectivity index (χ2v) is 4.81. The van der Waals surface area contributed by atoms with Crippen molar-refractivity contribution in [1.29, 1.82) is 0 Å². The van der Waals surface area contributed by atoms with Crippen molar-refractivity contribution in [1.82, 2.24) is 15.3 Å². The fourth-order valence-corrected chi connectivity index (χ4v) is 2.51. The molecule has 2 aromatic rings. The zero-order valence-corrected chi connectivity index (χ0v) is 9.79. The Balaban J connectivity index is 2.16. The minimum absolute atomic E-state index is 0.0842. The molecule has 0 unspecified atom stereocenters. The van der Waals surface area contributed by atoms with Crippen LogP contribution < -0.4 is 5.32 Å². The van der Waals surface area contributed by atoms with Crippen LogP contribution in [0.1, 0.15) is 35.9 Å². The molecular weight excluding hydrogens is 214 g/mol. The van der Waals surface area contributed by atoms with Gasteiger partial charge in [0.05, 0.1) is 16.6 Å². The van der Waals surface area contributed by atoms with E-state index in [1.54, 1.807) is 6.07 Å². The smallest absolute Gasteiger partial charge is 0.152 e. The molecule has 1 aromatic carbocycles. The average Bonchev–Trinajstić information content (AvgIpc) is 2.95. The maximum Gasteiger partial charge on any atom is 0.152 e. The van der Waals surface area contributed by atoms with Gasteiger partial charge in [0.15, 0.2) is 6.29 Å². The number of imidazole rings is 1. The van der Waals surface area contributed by atoms with Gasteiger partial charge in [-0.25, -0.2) is 4.98 Å². The summed E-state index contributed by atoms with van der Waals surface area (Å²) >= 11 is 0. The molecule has 0 bridgehead atoms. The number of para-hydroxylation sites is 1. The normalized spacial score (nSPS) is 24.3. The second kappa shape index (κ2) is 3.67. The number of hydrogen-bond donors (Lipinski definition) is 2. The zero-order valence-electron chi connectivity index (χ0n) is 9.79. The molecule has 2 N–H and O–H groups in total. The molecule has 0 aliphatic carbocycles. The first kappa shape index (κ1) is 10.5. The molecule has 88 valence electrons. The number of benzene rings is 1. The van der Waals surface area contributed by atoms with Crippen LogP contribution in [0.3, 0.4) is 0 Å². The summed E-state index contributed by atoms with van der Waals surface area (Å²) in [6.07, 6.45) is 3.09. The highest BCUT2D eigenvalue weighted by atomic mass is 16.1. The van der Waals surface area contributed by atoms with Gasteiger partial charge in [-0.3, -0.25) is 4.79 Å². The summed E-state index contributed by atoms with van der Waals surface area (Å²) in [4.78, 5) is 18.9. The van der Waals surface area contributed by atoms with E-state index in [4.69, 9.17) is 0 Å². The Morgan fingerprint density at radius 3 is 3.06 bits per heavy atom. The van der Waals surface area contributed by atoms with Gasteiger partial charge in [-0.05, 0) is 38.4 Å². The number of fused-ring (bicyclic) bond motifs is 1. The van der Waals surface area contributed by atoms with E-state index >= 15 is 0 Å². The molecule has 1 aliphatic rings. The Bertz CT molecular complexity index is 567. The predicted octanol–water partition coefficient (Wildman–Crippen LogP) is 1.97. The first-order chi connectivity index (χ1) is 8.23. The highest BCUT2D eigenvalue weighted by Crippen LogP contribution is 2.30. The van der Waals surface area contributed by atoms with Gasteiger partial charge in [-0.2, -0.15) is 0 Å². The molecule has 1 aliphatic heterocycles. The van der Waals surface area contributed by atoms with E-state index in [2.05, 4.69) is 22.2 Å². The minimum Gasteiger partial charge on any atom is -0.340 e. The first-order valence-electron chi connectivity index (χ1n) is 5.92. The lowest BCUT2D eigenvalue weighted by atomic mass is 10.00. The van der Waals surface area contributed by atoms with E-state index in [0.29, 0.717) is 5.56 Å². The van der Waals surface area contributed by atoms with Gasteiger partial charge in [0.1, 0.15) is 5.82 Å². The molecule has 17 heavy (non-hydrogen) atoms. The van der Waals surface area contributed by atoms with Gasteiger partial charge in [0, 0.05) is 5.56 Å². The highest BCUT2D eigenvalue weighted by Gasteiger charge is 2.33. The molecule has 1 aromatic heterocycles. The van der Waals surface area contributed by atoms with Crippen LogP contribution in [0.25, 0.3) is 11.0 Å². The molecule has 0 radical (unpaired) electrons. The van der Waals surface area contributed by atoms with Crippen molar-refractivity contribution < 1.29 is 4.79 Å². The lowest BCUT2D eigenvalue weighted by Gasteiger charge is -2.21. The Morgan fingerprint density at radius 1 is 1.47 bits per heavy atom. The van der Waals surface area contributed by atoms with Crippen molar-refractivity contribution in [3.63, 3.8) is 0 Å². The standard InChI is InChI=1S/C13H15N3O/c1-13(6-3-7-14-13)12-15-10-5-2-4-9(8-17)11(10)16-12/h2,4-5,8,14H,3,6-7H2,1H3,(H,15,16)/t13-/m1/s1. The molecule has 0 spiro atoms. The van der Waals surface area contributed by atoms with Crippen LogP contribution in [0.2, 0.25) is 0 Å². The minimum atomic E-state index is -0.0842. The number of carbonyl (C=O) groups is 1. The fraction of sp³-hybridized carbons (Fsp3) is 0.385. The van der Waals surface area contributed by atoms with E-state index in [9.17, 15) is 4.79 Å². The number of nitrogens with zero attached hydrogens (tertiary/aromatic N) is 1. The van der Waals surface area contributed by atoms with Crippen LogP contribution in [0.5, 0.6) is 0 Å². The summed E-state index contributed by atoms with van der Waals surface area (Å²) in [7, 11) is 0. The van der Waals surface area contributed by atoms with Gasteiger partial charge < -0.3 is 10.3 Å². The first-order valence-corrected chi connectivity index (χ1v) is 5.92. The van der Waals surface area contributed by atoms with Gasteiger partial charge in [-0.1, -0.05) is 6.07 Å². The molecule has 1 atom stereocenters. The van der Waals surface area contributed by atoms with Crippen LogP contribution >= 0.6 is 0 Å². The van der Waals surface area contributed by atoms with Crippen LogP contribution in [-0.4, -0.2) is 22.8 Å². The summed E-state index contributed by atoms with van der Waals surface area (Å²) < 4.78 is 0. The quantitative estimate of drug-likeness (QED) is 0.774. The van der Waals surface area contributed by atoms with Gasteiger partial charge in [0.2, 0.25) is 0 Å². The molecule has 4 heteroatoms. The molecule has 2 heterocycles. The van der Waals surface area contributed by atoms with Crippen molar-refractivity contribution in [2.24, 2.45) is 0 Å². The van der Waals surface area contributed by atoms with Crippen molar-refractivity contribution in [3.8, 4) is 0 Å². The Hall–Kier alpha value is -1.68. The summed E-state index contributed by atoms with van der Waals surface area (Å²) in [6, 6.07) is 5.62. The van der Waals surface area contributed by atoms with E-state index < -0.39 is 0 Å². The lowest BCUT2D eigenvalue weighted by molar-refractivity contribution is 0.112. The number of carbonyl (C=O) groups excluding carboxylic acids is 1. The van der Waals surface area contributed by atoms with Gasteiger partial charge in [-0.15, -0.1) is 0 Å². The molecule has 1 fully saturated rings. The van der Waals surface area contributed by atoms with Crippen LogP contribution in [0.15, 0.2) is 18.2 Å².